The molecule has 0 aliphatic rings. The molecule has 96 valence electrons. The molecule has 0 saturated heterocycles. The van der Waals surface area contributed by atoms with Crippen molar-refractivity contribution in [1.29, 1.82) is 0 Å². The maximum absolute atomic E-state index is 12.0. The molecule has 1 heterocycles. The molecule has 1 aromatic heterocycles. The molecule has 0 bridgehead atoms. The molecule has 17 heavy (non-hydrogen) atoms. The molecule has 0 amide bonds. The fourth-order valence-corrected chi connectivity index (χ4v) is 2.24. The van der Waals surface area contributed by atoms with Crippen LogP contribution in [0.3, 0.4) is 0 Å². The second-order valence-electron chi connectivity index (χ2n) is 5.10. The van der Waals surface area contributed by atoms with Gasteiger partial charge < -0.3 is 4.57 Å². The molecule has 0 radical (unpaired) electrons. The Hall–Kier alpha value is -0.570. The van der Waals surface area contributed by atoms with E-state index in [0.29, 0.717) is 5.92 Å². The minimum Gasteiger partial charge on any atom is -0.348 e. The second-order valence-corrected chi connectivity index (χ2v) is 6.47. The van der Waals surface area contributed by atoms with Crippen molar-refractivity contribution in [3.63, 3.8) is 0 Å². The molecule has 0 spiro atoms. The van der Waals surface area contributed by atoms with E-state index in [9.17, 15) is 4.79 Å². The zero-order valence-corrected chi connectivity index (χ0v) is 13.0. The summed E-state index contributed by atoms with van der Waals surface area (Å²) in [6.45, 7) is 11.4. The van der Waals surface area contributed by atoms with Crippen LogP contribution in [0.2, 0.25) is 0 Å². The van der Waals surface area contributed by atoms with E-state index in [1.54, 1.807) is 0 Å². The highest BCUT2D eigenvalue weighted by atomic mass is 79.9. The van der Waals surface area contributed by atoms with Gasteiger partial charge in [0, 0.05) is 23.5 Å². The largest absolute Gasteiger partial charge is 0.348 e. The molecule has 0 N–H and O–H groups in total. The van der Waals surface area contributed by atoms with E-state index in [4.69, 9.17) is 0 Å². The van der Waals surface area contributed by atoms with E-state index in [1.165, 1.54) is 5.69 Å². The van der Waals surface area contributed by atoms with Crippen molar-refractivity contribution in [2.45, 2.75) is 52.4 Å². The van der Waals surface area contributed by atoms with Crippen LogP contribution in [-0.4, -0.2) is 15.2 Å². The molecule has 0 aliphatic heterocycles. The minimum absolute atomic E-state index is 0.110. The van der Waals surface area contributed by atoms with Crippen molar-refractivity contribution in [2.75, 3.05) is 0 Å². The molecule has 2 nitrogen and oxygen atoms in total. The number of hydrogen-bond acceptors (Lipinski definition) is 1. The minimum atomic E-state index is -0.110. The number of nitrogens with zero attached hydrogens (tertiary/aromatic N) is 1. The smallest absolute Gasteiger partial charge is 0.177 e. The van der Waals surface area contributed by atoms with E-state index in [1.807, 2.05) is 19.9 Å². The van der Waals surface area contributed by atoms with Gasteiger partial charge in [0.1, 0.15) is 0 Å². The fourth-order valence-electron chi connectivity index (χ4n) is 2.00. The second kappa shape index (κ2) is 5.85. The topological polar surface area (TPSA) is 22.0 Å². The summed E-state index contributed by atoms with van der Waals surface area (Å²) < 4.78 is 2.25. The number of halogens is 1. The van der Waals surface area contributed by atoms with E-state index in [-0.39, 0.29) is 10.6 Å². The molecule has 1 unspecified atom stereocenters. The number of rotatable bonds is 5. The van der Waals surface area contributed by atoms with Gasteiger partial charge in [0.05, 0.1) is 4.83 Å². The van der Waals surface area contributed by atoms with Crippen LogP contribution in [0, 0.1) is 19.8 Å². The number of Topliss-reactive ketones (excluding diaryl/α,β-unsaturated/α-hetero) is 1. The van der Waals surface area contributed by atoms with Crippen LogP contribution in [0.15, 0.2) is 6.07 Å². The van der Waals surface area contributed by atoms with E-state index in [0.717, 1.165) is 24.2 Å². The zero-order valence-electron chi connectivity index (χ0n) is 11.4. The number of ketones is 1. The average molecular weight is 300 g/mol. The molecule has 1 atom stereocenters. The molecule has 0 saturated carbocycles. The monoisotopic (exact) mass is 299 g/mol. The molecular formula is C14H22BrNO. The third kappa shape index (κ3) is 3.44. The lowest BCUT2D eigenvalue weighted by atomic mass is 10.1. The number of aromatic nitrogens is 1. The van der Waals surface area contributed by atoms with Crippen LogP contribution in [0.4, 0.5) is 0 Å². The van der Waals surface area contributed by atoms with Crippen LogP contribution in [0.25, 0.3) is 0 Å². The number of carbonyl (C=O) groups is 1. The van der Waals surface area contributed by atoms with Gasteiger partial charge in [0.2, 0.25) is 0 Å². The highest BCUT2D eigenvalue weighted by molar-refractivity contribution is 9.10. The van der Waals surface area contributed by atoms with Gasteiger partial charge >= 0.3 is 0 Å². The van der Waals surface area contributed by atoms with Gasteiger partial charge in [-0.25, -0.2) is 0 Å². The van der Waals surface area contributed by atoms with Gasteiger partial charge in [-0.2, -0.15) is 0 Å². The fraction of sp³-hybridized carbons (Fsp3) is 0.643. The number of hydrogen-bond donors (Lipinski definition) is 0. The predicted octanol–water partition coefficient (Wildman–Crippen LogP) is 4.12. The molecule has 1 rings (SSSR count). The number of carbonyl (C=O) groups excluding carboxylic acids is 1. The summed E-state index contributed by atoms with van der Waals surface area (Å²) in [6, 6.07) is 2.01. The summed E-state index contributed by atoms with van der Waals surface area (Å²) in [7, 11) is 0. The van der Waals surface area contributed by atoms with Gasteiger partial charge in [-0.3, -0.25) is 4.79 Å². The first kappa shape index (κ1) is 14.5. The molecule has 0 aliphatic carbocycles. The maximum atomic E-state index is 12.0. The molecule has 0 aromatic carbocycles. The first-order valence-electron chi connectivity index (χ1n) is 6.19. The Morgan fingerprint density at radius 1 is 1.35 bits per heavy atom. The highest BCUT2D eigenvalue weighted by Gasteiger charge is 2.18. The lowest BCUT2D eigenvalue weighted by Crippen LogP contribution is -2.12. The number of aryl methyl sites for hydroxylation is 1. The summed E-state index contributed by atoms with van der Waals surface area (Å²) >= 11 is 3.35. The Morgan fingerprint density at radius 2 is 1.94 bits per heavy atom. The van der Waals surface area contributed by atoms with Crippen LogP contribution in [0.5, 0.6) is 0 Å². The van der Waals surface area contributed by atoms with Gasteiger partial charge in [0.25, 0.3) is 0 Å². The zero-order chi connectivity index (χ0) is 13.2. The summed E-state index contributed by atoms with van der Waals surface area (Å²) in [6.07, 6.45) is 1.15. The Labute approximate surface area is 113 Å². The van der Waals surface area contributed by atoms with Crippen LogP contribution in [-0.2, 0) is 6.54 Å². The van der Waals surface area contributed by atoms with Crippen LogP contribution >= 0.6 is 15.9 Å². The lowest BCUT2D eigenvalue weighted by molar-refractivity contribution is 0.0995. The van der Waals surface area contributed by atoms with Crippen molar-refractivity contribution < 1.29 is 4.79 Å². The third-order valence-corrected chi connectivity index (χ3v) is 3.55. The molecular weight excluding hydrogens is 278 g/mol. The highest BCUT2D eigenvalue weighted by Crippen LogP contribution is 2.20. The Balaban J connectivity index is 2.97. The van der Waals surface area contributed by atoms with Crippen molar-refractivity contribution in [1.82, 2.24) is 4.57 Å². The Bertz CT molecular complexity index is 405. The van der Waals surface area contributed by atoms with Gasteiger partial charge in [-0.1, -0.05) is 29.8 Å². The molecule has 3 heteroatoms. The van der Waals surface area contributed by atoms with Gasteiger partial charge in [-0.15, -0.1) is 0 Å². The molecule has 0 fully saturated rings. The number of alkyl halides is 1. The van der Waals surface area contributed by atoms with E-state index >= 15 is 0 Å². The first-order valence-corrected chi connectivity index (χ1v) is 7.11. The lowest BCUT2D eigenvalue weighted by Gasteiger charge is -2.11. The maximum Gasteiger partial charge on any atom is 0.177 e. The predicted molar refractivity (Wildman–Crippen MR) is 76.1 cm³/mol. The average Bonchev–Trinajstić information content (AvgIpc) is 2.50. The first-order chi connectivity index (χ1) is 7.84. The van der Waals surface area contributed by atoms with Crippen molar-refractivity contribution >= 4 is 21.7 Å². The van der Waals surface area contributed by atoms with Crippen molar-refractivity contribution in [3.05, 3.63) is 23.0 Å². The van der Waals surface area contributed by atoms with Gasteiger partial charge in [0.15, 0.2) is 5.78 Å². The van der Waals surface area contributed by atoms with Crippen molar-refractivity contribution in [2.24, 2.45) is 5.92 Å². The summed E-state index contributed by atoms with van der Waals surface area (Å²) in [4.78, 5) is 11.9. The quantitative estimate of drug-likeness (QED) is 0.592. The Morgan fingerprint density at radius 3 is 2.41 bits per heavy atom. The summed E-state index contributed by atoms with van der Waals surface area (Å²) in [5.74, 6) is 0.861. The van der Waals surface area contributed by atoms with E-state index in [2.05, 4.69) is 41.3 Å². The standard InChI is InChI=1S/C14H22BrNO/c1-9(2)6-7-16-10(3)8-13(12(16)5)14(17)11(4)15/h8-9,11H,6-7H2,1-5H3. The third-order valence-electron chi connectivity index (χ3n) is 3.13. The van der Waals surface area contributed by atoms with Crippen LogP contribution in [0.1, 0.15) is 48.9 Å². The normalized spacial score (nSPS) is 13.1. The van der Waals surface area contributed by atoms with Gasteiger partial charge in [-0.05, 0) is 39.2 Å². The Kier molecular flexibility index (Phi) is 4.99. The van der Waals surface area contributed by atoms with Crippen LogP contribution < -0.4 is 0 Å². The van der Waals surface area contributed by atoms with Crippen molar-refractivity contribution in [3.8, 4) is 0 Å². The summed E-state index contributed by atoms with van der Waals surface area (Å²) in [5, 5.41) is 0. The SMILES string of the molecule is Cc1cc(C(=O)C(C)Br)c(C)n1CCC(C)C. The van der Waals surface area contributed by atoms with E-state index < -0.39 is 0 Å². The molecule has 1 aromatic rings. The summed E-state index contributed by atoms with van der Waals surface area (Å²) in [5.41, 5.74) is 3.13.